The first kappa shape index (κ1) is 14.9. The summed E-state index contributed by atoms with van der Waals surface area (Å²) >= 11 is -0.851. The van der Waals surface area contributed by atoms with Crippen LogP contribution in [0.4, 0.5) is 4.39 Å². The molecule has 2 aromatic rings. The molecule has 5 nitrogen and oxygen atoms in total. The van der Waals surface area contributed by atoms with Crippen molar-refractivity contribution in [1.29, 1.82) is 0 Å². The average molecular weight is 414 g/mol. The zero-order valence-electron chi connectivity index (χ0n) is 11.8. The lowest BCUT2D eigenvalue weighted by atomic mass is 10.2. The van der Waals surface area contributed by atoms with Gasteiger partial charge in [0.25, 0.3) is 0 Å². The van der Waals surface area contributed by atoms with Gasteiger partial charge in [0.1, 0.15) is 5.75 Å². The van der Waals surface area contributed by atoms with Crippen LogP contribution in [0, 0.1) is 0 Å². The van der Waals surface area contributed by atoms with Crippen molar-refractivity contribution in [2.45, 2.75) is 0 Å². The van der Waals surface area contributed by atoms with Gasteiger partial charge < -0.3 is 14.2 Å². The summed E-state index contributed by atoms with van der Waals surface area (Å²) in [5.74, 6) is 1.37. The van der Waals surface area contributed by atoms with Crippen LogP contribution in [0.15, 0.2) is 49.4 Å². The molecule has 22 heavy (non-hydrogen) atoms. The van der Waals surface area contributed by atoms with Crippen LogP contribution in [0.5, 0.6) is 17.2 Å². The number of methoxy groups -OCH3 is 2. The quantitative estimate of drug-likeness (QED) is 0.548. The van der Waals surface area contributed by atoms with Crippen LogP contribution in [0.3, 0.4) is 0 Å². The Bertz CT molecular complexity index is 818. The molecule has 2 heterocycles. The van der Waals surface area contributed by atoms with Crippen LogP contribution in [0.25, 0.3) is 10.9 Å². The number of ether oxygens (including phenoxy) is 3. The fraction of sp³-hybridized carbons (Fsp3) is 0.133. The number of hydrogen-bond acceptors (Lipinski definition) is 5. The van der Waals surface area contributed by atoms with Crippen molar-refractivity contribution in [1.82, 2.24) is 4.98 Å². The normalized spacial score (nSPS) is 14.0. The van der Waals surface area contributed by atoms with E-state index in [1.54, 1.807) is 38.6 Å². The van der Waals surface area contributed by atoms with E-state index in [0.717, 1.165) is 10.9 Å². The van der Waals surface area contributed by atoms with E-state index in [1.165, 1.54) is 6.08 Å². The highest BCUT2D eigenvalue weighted by atomic mass is 127. The van der Waals surface area contributed by atoms with Crippen LogP contribution < -0.4 is 14.2 Å². The number of nitrogens with zero attached hydrogens (tertiary/aromatic N) is 2. The monoisotopic (exact) mass is 414 g/mol. The Kier molecular flexibility index (Phi) is 4.32. The Morgan fingerprint density at radius 2 is 1.82 bits per heavy atom. The third-order valence-electron chi connectivity index (χ3n) is 2.97. The third kappa shape index (κ3) is 2.94. The van der Waals surface area contributed by atoms with E-state index >= 15 is 0 Å². The molecule has 0 amide bonds. The van der Waals surface area contributed by atoms with E-state index in [1.807, 2.05) is 6.07 Å². The highest BCUT2D eigenvalue weighted by Gasteiger charge is 2.12. The van der Waals surface area contributed by atoms with Crippen LogP contribution in [0.1, 0.15) is 0 Å². The SMILES string of the molecule is COc1cc2nccc(OC3=CC=C(F)N=I3)c2cc1OC. The minimum Gasteiger partial charge on any atom is -0.493 e. The summed E-state index contributed by atoms with van der Waals surface area (Å²) in [4.78, 5) is 4.31. The fourth-order valence-corrected chi connectivity index (χ4v) is 3.27. The largest absolute Gasteiger partial charge is 0.493 e. The second-order valence-corrected chi connectivity index (χ2v) is 6.29. The van der Waals surface area contributed by atoms with Gasteiger partial charge in [0.2, 0.25) is 5.95 Å². The number of hydrogen-bond donors (Lipinski definition) is 0. The van der Waals surface area contributed by atoms with Crippen molar-refractivity contribution in [3.8, 4) is 17.2 Å². The topological polar surface area (TPSA) is 52.9 Å². The van der Waals surface area contributed by atoms with E-state index in [2.05, 4.69) is 8.13 Å². The maximum absolute atomic E-state index is 12.9. The van der Waals surface area contributed by atoms with Gasteiger partial charge in [0.15, 0.2) is 15.3 Å². The molecule has 0 bridgehead atoms. The number of halogens is 2. The van der Waals surface area contributed by atoms with Crippen molar-refractivity contribution in [2.75, 3.05) is 14.2 Å². The van der Waals surface area contributed by atoms with Crippen LogP contribution in [-0.4, -0.2) is 19.2 Å². The minimum atomic E-state index is -0.851. The summed E-state index contributed by atoms with van der Waals surface area (Å²) in [5.41, 5.74) is 0.725. The number of aromatic nitrogens is 1. The lowest BCUT2D eigenvalue weighted by Crippen LogP contribution is -1.95. The number of fused-ring (bicyclic) bond motifs is 1. The van der Waals surface area contributed by atoms with Gasteiger partial charge in [-0.15, -0.1) is 0 Å². The molecule has 0 saturated heterocycles. The summed E-state index contributed by atoms with van der Waals surface area (Å²) in [6.07, 6.45) is 4.56. The molecule has 0 aliphatic carbocycles. The summed E-state index contributed by atoms with van der Waals surface area (Å²) in [6.45, 7) is 0. The van der Waals surface area contributed by atoms with Crippen molar-refractivity contribution in [2.24, 2.45) is 3.15 Å². The van der Waals surface area contributed by atoms with Gasteiger partial charge in [0.05, 0.1) is 40.8 Å². The van der Waals surface area contributed by atoms with Gasteiger partial charge in [-0.1, -0.05) is 0 Å². The molecule has 0 saturated carbocycles. The fourth-order valence-electron chi connectivity index (χ4n) is 1.97. The first-order valence-electron chi connectivity index (χ1n) is 6.32. The molecule has 1 aliphatic heterocycles. The zero-order chi connectivity index (χ0) is 15.5. The second kappa shape index (κ2) is 6.39. The number of benzene rings is 1. The Morgan fingerprint density at radius 3 is 2.50 bits per heavy atom. The summed E-state index contributed by atoms with van der Waals surface area (Å²) in [7, 11) is 3.14. The van der Waals surface area contributed by atoms with E-state index in [9.17, 15) is 4.39 Å². The van der Waals surface area contributed by atoms with Gasteiger partial charge in [-0.05, 0) is 24.3 Å². The lowest BCUT2D eigenvalue weighted by Gasteiger charge is -2.12. The molecule has 7 heteroatoms. The molecule has 114 valence electrons. The predicted octanol–water partition coefficient (Wildman–Crippen LogP) is 4.45. The zero-order valence-corrected chi connectivity index (χ0v) is 14.0. The van der Waals surface area contributed by atoms with Gasteiger partial charge in [0, 0.05) is 17.6 Å². The Hall–Kier alpha value is -2.03. The number of pyridine rings is 1. The van der Waals surface area contributed by atoms with Gasteiger partial charge in [-0.25, -0.2) is 0 Å². The minimum absolute atomic E-state index is 0.453. The number of allylic oxidation sites excluding steroid dienone is 2. The molecule has 0 spiro atoms. The predicted molar refractivity (Wildman–Crippen MR) is 89.2 cm³/mol. The summed E-state index contributed by atoms with van der Waals surface area (Å²) in [5, 5.41) is 0.792. The molecule has 1 aromatic heterocycles. The highest BCUT2D eigenvalue weighted by Crippen LogP contribution is 2.37. The molecule has 0 radical (unpaired) electrons. The standard InChI is InChI=1S/C15H12FIN2O3/c1-20-12-7-9-10(8-13(12)21-2)18-6-5-11(9)22-15-4-3-14(16)19-17-15/h3-8H,1-2H3. The van der Waals surface area contributed by atoms with Crippen molar-refractivity contribution < 1.29 is 18.6 Å². The molecule has 0 atom stereocenters. The van der Waals surface area contributed by atoms with Crippen LogP contribution in [-0.2, 0) is 0 Å². The summed E-state index contributed by atoms with van der Waals surface area (Å²) in [6, 6.07) is 5.36. The first-order chi connectivity index (χ1) is 10.7. The van der Waals surface area contributed by atoms with Crippen LogP contribution in [0.2, 0.25) is 0 Å². The van der Waals surface area contributed by atoms with Gasteiger partial charge >= 0.3 is 0 Å². The highest BCUT2D eigenvalue weighted by molar-refractivity contribution is 14.2. The first-order valence-corrected chi connectivity index (χ1v) is 8.37. The van der Waals surface area contributed by atoms with Gasteiger partial charge in [-0.2, -0.15) is 7.54 Å². The van der Waals surface area contributed by atoms with E-state index < -0.39 is 27.0 Å². The smallest absolute Gasteiger partial charge is 0.218 e. The summed E-state index contributed by atoms with van der Waals surface area (Å²) < 4.78 is 33.8. The molecule has 3 rings (SSSR count). The molecule has 0 N–H and O–H groups in total. The van der Waals surface area contributed by atoms with E-state index in [0.29, 0.717) is 21.0 Å². The Balaban J connectivity index is 2.05. The van der Waals surface area contributed by atoms with Crippen molar-refractivity contribution in [3.63, 3.8) is 0 Å². The van der Waals surface area contributed by atoms with Crippen molar-refractivity contribution in [3.05, 3.63) is 46.3 Å². The second-order valence-electron chi connectivity index (χ2n) is 4.26. The Morgan fingerprint density at radius 1 is 1.05 bits per heavy atom. The van der Waals surface area contributed by atoms with E-state index in [-0.39, 0.29) is 0 Å². The Labute approximate surface area is 136 Å². The van der Waals surface area contributed by atoms with E-state index in [4.69, 9.17) is 14.2 Å². The molecular weight excluding hydrogens is 402 g/mol. The maximum atomic E-state index is 12.9. The maximum Gasteiger partial charge on any atom is 0.218 e. The van der Waals surface area contributed by atoms with Gasteiger partial charge in [-0.3, -0.25) is 4.98 Å². The van der Waals surface area contributed by atoms with Crippen LogP contribution >= 0.6 is 21.0 Å². The number of rotatable bonds is 4. The third-order valence-corrected chi connectivity index (χ3v) is 4.73. The molecule has 1 aromatic carbocycles. The molecular formula is C15H12FIN2O3. The van der Waals surface area contributed by atoms with Crippen molar-refractivity contribution >= 4 is 31.9 Å². The lowest BCUT2D eigenvalue weighted by molar-refractivity contribution is 0.355. The molecule has 0 unspecified atom stereocenters. The average Bonchev–Trinajstić information content (AvgIpc) is 2.56. The molecule has 0 fully saturated rings. The molecule has 1 aliphatic rings.